The highest BCUT2D eigenvalue weighted by molar-refractivity contribution is 6.30. The molecule has 1 aromatic carbocycles. The predicted octanol–water partition coefficient (Wildman–Crippen LogP) is 5.15. The molecule has 1 N–H and O–H groups in total. The van der Waals surface area contributed by atoms with Crippen LogP contribution in [-0.4, -0.2) is 31.1 Å². The summed E-state index contributed by atoms with van der Waals surface area (Å²) in [6.07, 6.45) is 7.29. The van der Waals surface area contributed by atoms with Gasteiger partial charge >= 0.3 is 0 Å². The molecule has 0 aromatic heterocycles. The van der Waals surface area contributed by atoms with Gasteiger partial charge in [0.2, 0.25) is 0 Å². The van der Waals surface area contributed by atoms with Gasteiger partial charge in [-0.2, -0.15) is 0 Å². The molecule has 0 radical (unpaired) electrons. The second-order valence-electron chi connectivity index (χ2n) is 6.15. The van der Waals surface area contributed by atoms with Gasteiger partial charge in [-0.25, -0.2) is 0 Å². The summed E-state index contributed by atoms with van der Waals surface area (Å²) in [7, 11) is 0. The molecule has 0 spiro atoms. The molecule has 1 aromatic rings. The van der Waals surface area contributed by atoms with E-state index in [1.54, 1.807) is 0 Å². The Kier molecular flexibility index (Phi) is 10.5. The minimum atomic E-state index is 0.612. The Bertz CT molecular complexity index is 505. The summed E-state index contributed by atoms with van der Waals surface area (Å²) in [5.74, 6) is 0.612. The van der Waals surface area contributed by atoms with E-state index >= 15 is 0 Å². The van der Waals surface area contributed by atoms with Crippen molar-refractivity contribution in [2.24, 2.45) is 5.92 Å². The maximum absolute atomic E-state index is 5.92. The van der Waals surface area contributed by atoms with Gasteiger partial charge in [0.05, 0.1) is 12.3 Å². The third-order valence-corrected chi connectivity index (χ3v) is 3.98. The third-order valence-electron chi connectivity index (χ3n) is 3.73. The van der Waals surface area contributed by atoms with E-state index in [1.165, 1.54) is 0 Å². The molecule has 0 saturated carbocycles. The van der Waals surface area contributed by atoms with Crippen LogP contribution in [0.5, 0.6) is 0 Å². The summed E-state index contributed by atoms with van der Waals surface area (Å²) in [5, 5.41) is 0.751. The van der Waals surface area contributed by atoms with Crippen molar-refractivity contribution in [3.8, 4) is 0 Å². The number of hydrogen-bond acceptors (Lipinski definition) is 3. The van der Waals surface area contributed by atoms with Crippen molar-refractivity contribution in [1.82, 2.24) is 10.4 Å². The summed E-state index contributed by atoms with van der Waals surface area (Å²) in [4.78, 5) is 7.97. The zero-order valence-corrected chi connectivity index (χ0v) is 16.1. The van der Waals surface area contributed by atoms with Crippen LogP contribution in [0.15, 0.2) is 42.1 Å². The third kappa shape index (κ3) is 9.11. The van der Waals surface area contributed by atoms with Gasteiger partial charge in [0.1, 0.15) is 0 Å². The van der Waals surface area contributed by atoms with Gasteiger partial charge in [-0.3, -0.25) is 10.3 Å². The van der Waals surface area contributed by atoms with E-state index in [2.05, 4.69) is 50.2 Å². The van der Waals surface area contributed by atoms with Crippen LogP contribution in [0, 0.1) is 5.92 Å². The number of hydrogen-bond donors (Lipinski definition) is 1. The second kappa shape index (κ2) is 12.1. The van der Waals surface area contributed by atoms with Crippen molar-refractivity contribution in [2.75, 3.05) is 26.2 Å². The van der Waals surface area contributed by atoms with Crippen molar-refractivity contribution >= 4 is 17.7 Å². The van der Waals surface area contributed by atoms with Crippen LogP contribution in [0.2, 0.25) is 5.02 Å². The van der Waals surface area contributed by atoms with Crippen LogP contribution in [0.1, 0.15) is 39.7 Å². The van der Waals surface area contributed by atoms with Crippen LogP contribution in [-0.2, 0) is 4.84 Å². The summed E-state index contributed by atoms with van der Waals surface area (Å²) in [5.41, 5.74) is 5.18. The number of halogens is 1. The summed E-state index contributed by atoms with van der Waals surface area (Å²) in [6, 6.07) is 7.79. The van der Waals surface area contributed by atoms with Gasteiger partial charge < -0.3 is 4.90 Å². The van der Waals surface area contributed by atoms with E-state index in [1.807, 2.05) is 30.3 Å². The highest BCUT2D eigenvalue weighted by atomic mass is 35.5. The number of allylic oxidation sites excluding steroid dienone is 2. The van der Waals surface area contributed by atoms with E-state index in [0.717, 1.165) is 42.3 Å². The Hall–Kier alpha value is -1.29. The van der Waals surface area contributed by atoms with E-state index in [4.69, 9.17) is 16.4 Å². The van der Waals surface area contributed by atoms with Gasteiger partial charge in [0, 0.05) is 11.6 Å². The standard InChI is InChI=1S/C20H31ClN2O/c1-5-23(6-2)15-16-24-22-20(13-7-17(3)4)14-10-18-8-11-19(21)12-9-18/h8-14,17,22H,5-7,15-16H2,1-4H3. The van der Waals surface area contributed by atoms with Crippen LogP contribution in [0.3, 0.4) is 0 Å². The van der Waals surface area contributed by atoms with Crippen molar-refractivity contribution in [3.05, 3.63) is 52.7 Å². The first-order chi connectivity index (χ1) is 11.5. The average Bonchev–Trinajstić information content (AvgIpc) is 2.58. The van der Waals surface area contributed by atoms with Crippen LogP contribution < -0.4 is 5.48 Å². The van der Waals surface area contributed by atoms with E-state index < -0.39 is 0 Å². The Balaban J connectivity index is 2.57. The zero-order chi connectivity index (χ0) is 17.8. The molecule has 0 saturated heterocycles. The lowest BCUT2D eigenvalue weighted by atomic mass is 10.1. The number of nitrogens with zero attached hydrogens (tertiary/aromatic N) is 1. The van der Waals surface area contributed by atoms with E-state index in [-0.39, 0.29) is 0 Å². The van der Waals surface area contributed by atoms with Crippen molar-refractivity contribution in [3.63, 3.8) is 0 Å². The highest BCUT2D eigenvalue weighted by Crippen LogP contribution is 2.12. The van der Waals surface area contributed by atoms with Gasteiger partial charge in [0.25, 0.3) is 0 Å². The molecule has 0 amide bonds. The van der Waals surface area contributed by atoms with E-state index in [0.29, 0.717) is 12.5 Å². The van der Waals surface area contributed by atoms with Crippen LogP contribution in [0.4, 0.5) is 0 Å². The predicted molar refractivity (Wildman–Crippen MR) is 105 cm³/mol. The van der Waals surface area contributed by atoms with Crippen LogP contribution >= 0.6 is 11.6 Å². The molecular weight excluding hydrogens is 320 g/mol. The average molecular weight is 351 g/mol. The van der Waals surface area contributed by atoms with Crippen molar-refractivity contribution < 1.29 is 4.84 Å². The molecule has 134 valence electrons. The first-order valence-corrected chi connectivity index (χ1v) is 9.16. The molecule has 0 unspecified atom stereocenters. The SMILES string of the molecule is CCN(CC)CCONC(C=Cc1ccc(Cl)cc1)=CCC(C)C. The minimum Gasteiger partial charge on any atom is -0.301 e. The number of likely N-dealkylation sites (N-methyl/N-ethyl adjacent to an activating group) is 1. The lowest BCUT2D eigenvalue weighted by Crippen LogP contribution is -2.29. The molecule has 0 aliphatic rings. The van der Waals surface area contributed by atoms with E-state index in [9.17, 15) is 0 Å². The van der Waals surface area contributed by atoms with Gasteiger partial charge in [-0.05, 0) is 49.2 Å². The quantitative estimate of drug-likeness (QED) is 0.339. The molecule has 24 heavy (non-hydrogen) atoms. The fraction of sp³-hybridized carbons (Fsp3) is 0.500. The molecule has 0 aliphatic heterocycles. The number of rotatable bonds is 11. The van der Waals surface area contributed by atoms with Gasteiger partial charge in [0.15, 0.2) is 0 Å². The zero-order valence-electron chi connectivity index (χ0n) is 15.4. The lowest BCUT2D eigenvalue weighted by molar-refractivity contribution is 0.0484. The molecular formula is C20H31ClN2O. The summed E-state index contributed by atoms with van der Waals surface area (Å²) < 4.78 is 0. The normalized spacial score (nSPS) is 12.5. The Morgan fingerprint density at radius 3 is 2.46 bits per heavy atom. The molecule has 3 nitrogen and oxygen atoms in total. The summed E-state index contributed by atoms with van der Waals surface area (Å²) in [6.45, 7) is 12.4. The Morgan fingerprint density at radius 1 is 1.21 bits per heavy atom. The highest BCUT2D eigenvalue weighted by Gasteiger charge is 2.00. The fourth-order valence-electron chi connectivity index (χ4n) is 2.12. The van der Waals surface area contributed by atoms with Crippen LogP contribution in [0.25, 0.3) is 6.08 Å². The molecule has 0 atom stereocenters. The second-order valence-corrected chi connectivity index (χ2v) is 6.59. The molecule has 1 rings (SSSR count). The van der Waals surface area contributed by atoms with Gasteiger partial charge in [-0.15, -0.1) is 0 Å². The maximum Gasteiger partial charge on any atom is 0.0873 e. The first kappa shape index (κ1) is 20.8. The fourth-order valence-corrected chi connectivity index (χ4v) is 2.24. The topological polar surface area (TPSA) is 24.5 Å². The van der Waals surface area contributed by atoms with Crippen molar-refractivity contribution in [2.45, 2.75) is 34.1 Å². The maximum atomic E-state index is 5.92. The number of benzene rings is 1. The number of nitrogens with one attached hydrogen (secondary N) is 1. The Labute approximate surface area is 152 Å². The largest absolute Gasteiger partial charge is 0.301 e. The first-order valence-electron chi connectivity index (χ1n) is 8.79. The molecule has 0 heterocycles. The lowest BCUT2D eigenvalue weighted by Gasteiger charge is -2.18. The molecule has 0 bridgehead atoms. The molecule has 0 aliphatic carbocycles. The van der Waals surface area contributed by atoms with Crippen molar-refractivity contribution in [1.29, 1.82) is 0 Å². The smallest absolute Gasteiger partial charge is 0.0873 e. The minimum absolute atomic E-state index is 0.612. The molecule has 4 heteroatoms. The monoisotopic (exact) mass is 350 g/mol. The summed E-state index contributed by atoms with van der Waals surface area (Å²) >= 11 is 5.92. The van der Waals surface area contributed by atoms with Gasteiger partial charge in [-0.1, -0.05) is 63.6 Å². The number of hydroxylamine groups is 1. The Morgan fingerprint density at radius 2 is 1.88 bits per heavy atom. The molecule has 0 fully saturated rings.